The van der Waals surface area contributed by atoms with E-state index in [4.69, 9.17) is 4.74 Å². The summed E-state index contributed by atoms with van der Waals surface area (Å²) >= 11 is 1.52. The van der Waals surface area contributed by atoms with Gasteiger partial charge in [0.05, 0.1) is 12.0 Å². The Labute approximate surface area is 122 Å². The summed E-state index contributed by atoms with van der Waals surface area (Å²) in [5.41, 5.74) is 0.754. The summed E-state index contributed by atoms with van der Waals surface area (Å²) in [5, 5.41) is 9.67. The van der Waals surface area contributed by atoms with Gasteiger partial charge in [0, 0.05) is 4.88 Å². The molecule has 1 aromatic carbocycles. The smallest absolute Gasteiger partial charge is 0.195 e. The van der Waals surface area contributed by atoms with Gasteiger partial charge in [-0.25, -0.2) is 0 Å². The molecule has 4 heteroatoms. The van der Waals surface area contributed by atoms with Gasteiger partial charge in [-0.15, -0.1) is 11.3 Å². The fourth-order valence-electron chi connectivity index (χ4n) is 1.77. The average Bonchev–Trinajstić information content (AvgIpc) is 2.94. The standard InChI is InChI=1S/C16H16O3S/c1-3-12-6-9-16(20-12)13(17)7-4-11-5-8-15(19-2)14(18)10-11/h4-10,18H,3H2,1-2H3. The number of hydrogen-bond donors (Lipinski definition) is 1. The summed E-state index contributed by atoms with van der Waals surface area (Å²) in [4.78, 5) is 13.9. The van der Waals surface area contributed by atoms with Gasteiger partial charge in [-0.2, -0.15) is 0 Å². The third-order valence-electron chi connectivity index (χ3n) is 2.88. The molecule has 104 valence electrons. The fourth-order valence-corrected chi connectivity index (χ4v) is 2.63. The zero-order valence-electron chi connectivity index (χ0n) is 11.4. The predicted molar refractivity (Wildman–Crippen MR) is 81.7 cm³/mol. The molecule has 0 radical (unpaired) electrons. The maximum absolute atomic E-state index is 12.0. The van der Waals surface area contributed by atoms with Crippen molar-refractivity contribution >= 4 is 23.2 Å². The first-order valence-corrected chi connectivity index (χ1v) is 7.13. The molecule has 1 heterocycles. The topological polar surface area (TPSA) is 46.5 Å². The third-order valence-corrected chi connectivity index (χ3v) is 4.13. The number of hydrogen-bond acceptors (Lipinski definition) is 4. The van der Waals surface area contributed by atoms with Crippen molar-refractivity contribution in [1.29, 1.82) is 0 Å². The summed E-state index contributed by atoms with van der Waals surface area (Å²) in [6.07, 6.45) is 4.15. The highest BCUT2D eigenvalue weighted by molar-refractivity contribution is 7.14. The Kier molecular flexibility index (Phi) is 4.58. The van der Waals surface area contributed by atoms with Crippen LogP contribution in [0.25, 0.3) is 6.08 Å². The van der Waals surface area contributed by atoms with Gasteiger partial charge in [-0.05, 0) is 42.3 Å². The van der Waals surface area contributed by atoms with Crippen molar-refractivity contribution in [2.24, 2.45) is 0 Å². The second kappa shape index (κ2) is 6.39. The number of aryl methyl sites for hydroxylation is 1. The van der Waals surface area contributed by atoms with Crippen LogP contribution in [0.1, 0.15) is 27.0 Å². The molecule has 1 N–H and O–H groups in total. The number of carbonyl (C=O) groups excluding carboxylic acids is 1. The number of phenolic OH excluding ortho intramolecular Hbond substituents is 1. The number of aromatic hydroxyl groups is 1. The Hall–Kier alpha value is -2.07. The SMILES string of the molecule is CCc1ccc(C(=O)C=Cc2ccc(OC)c(O)c2)s1. The van der Waals surface area contributed by atoms with E-state index in [1.54, 1.807) is 24.3 Å². The van der Waals surface area contributed by atoms with Gasteiger partial charge < -0.3 is 9.84 Å². The Morgan fingerprint density at radius 1 is 1.35 bits per heavy atom. The summed E-state index contributed by atoms with van der Waals surface area (Å²) in [6.45, 7) is 2.07. The second-order valence-corrected chi connectivity index (χ2v) is 5.42. The van der Waals surface area contributed by atoms with Crippen molar-refractivity contribution < 1.29 is 14.6 Å². The van der Waals surface area contributed by atoms with Crippen molar-refractivity contribution in [2.45, 2.75) is 13.3 Å². The van der Waals surface area contributed by atoms with Crippen LogP contribution in [0.5, 0.6) is 11.5 Å². The molecule has 0 aliphatic rings. The summed E-state index contributed by atoms with van der Waals surface area (Å²) in [5.74, 6) is 0.454. The number of methoxy groups -OCH3 is 1. The molecule has 0 fully saturated rings. The molecule has 0 unspecified atom stereocenters. The van der Waals surface area contributed by atoms with E-state index >= 15 is 0 Å². The number of benzene rings is 1. The van der Waals surface area contributed by atoms with E-state index in [9.17, 15) is 9.90 Å². The number of carbonyl (C=O) groups is 1. The molecule has 0 spiro atoms. The van der Waals surface area contributed by atoms with Crippen LogP contribution in [0.3, 0.4) is 0 Å². The summed E-state index contributed by atoms with van der Waals surface area (Å²) in [7, 11) is 1.50. The number of ketones is 1. The first-order valence-electron chi connectivity index (χ1n) is 6.32. The summed E-state index contributed by atoms with van der Waals surface area (Å²) < 4.78 is 4.97. The zero-order valence-corrected chi connectivity index (χ0v) is 12.2. The van der Waals surface area contributed by atoms with Gasteiger partial charge in [0.1, 0.15) is 0 Å². The molecule has 0 saturated carbocycles. The van der Waals surface area contributed by atoms with Gasteiger partial charge in [0.15, 0.2) is 17.3 Å². The molecule has 3 nitrogen and oxygen atoms in total. The lowest BCUT2D eigenvalue weighted by Gasteiger charge is -2.03. The monoisotopic (exact) mass is 288 g/mol. The summed E-state index contributed by atoms with van der Waals surface area (Å²) in [6, 6.07) is 8.84. The maximum atomic E-state index is 12.0. The van der Waals surface area contributed by atoms with Crippen LogP contribution in [0.4, 0.5) is 0 Å². The minimum absolute atomic E-state index is 0.0231. The molecule has 2 rings (SSSR count). The van der Waals surface area contributed by atoms with Crippen LogP contribution < -0.4 is 4.74 Å². The van der Waals surface area contributed by atoms with Gasteiger partial charge in [0.25, 0.3) is 0 Å². The lowest BCUT2D eigenvalue weighted by Crippen LogP contribution is -1.89. The number of ether oxygens (including phenoxy) is 1. The lowest BCUT2D eigenvalue weighted by molar-refractivity contribution is 0.105. The predicted octanol–water partition coefficient (Wildman–Crippen LogP) is 3.92. The maximum Gasteiger partial charge on any atom is 0.195 e. The highest BCUT2D eigenvalue weighted by Crippen LogP contribution is 2.27. The van der Waals surface area contributed by atoms with E-state index in [-0.39, 0.29) is 11.5 Å². The molecular formula is C16H16O3S. The minimum Gasteiger partial charge on any atom is -0.504 e. The van der Waals surface area contributed by atoms with E-state index in [0.29, 0.717) is 5.75 Å². The van der Waals surface area contributed by atoms with E-state index < -0.39 is 0 Å². The van der Waals surface area contributed by atoms with E-state index in [1.165, 1.54) is 29.4 Å². The third kappa shape index (κ3) is 3.27. The van der Waals surface area contributed by atoms with Gasteiger partial charge in [-0.3, -0.25) is 4.79 Å². The van der Waals surface area contributed by atoms with E-state index in [1.807, 2.05) is 12.1 Å². The van der Waals surface area contributed by atoms with Crippen molar-refractivity contribution in [1.82, 2.24) is 0 Å². The van der Waals surface area contributed by atoms with Crippen LogP contribution in [0.15, 0.2) is 36.4 Å². The first kappa shape index (κ1) is 14.3. The Bertz CT molecular complexity index is 641. The Balaban J connectivity index is 2.12. The Morgan fingerprint density at radius 2 is 2.15 bits per heavy atom. The van der Waals surface area contributed by atoms with Crippen LogP contribution in [0, 0.1) is 0 Å². The second-order valence-electron chi connectivity index (χ2n) is 4.25. The van der Waals surface area contributed by atoms with E-state index in [0.717, 1.165) is 16.9 Å². The van der Waals surface area contributed by atoms with Gasteiger partial charge in [-0.1, -0.05) is 19.1 Å². The average molecular weight is 288 g/mol. The molecule has 0 aliphatic heterocycles. The fraction of sp³-hybridized carbons (Fsp3) is 0.188. The number of phenols is 1. The highest BCUT2D eigenvalue weighted by Gasteiger charge is 2.06. The van der Waals surface area contributed by atoms with Crippen molar-refractivity contribution in [3.63, 3.8) is 0 Å². The molecule has 0 atom stereocenters. The Morgan fingerprint density at radius 3 is 2.75 bits per heavy atom. The highest BCUT2D eigenvalue weighted by atomic mass is 32.1. The molecule has 1 aromatic heterocycles. The zero-order chi connectivity index (χ0) is 14.5. The van der Waals surface area contributed by atoms with Crippen molar-refractivity contribution in [3.05, 3.63) is 51.7 Å². The van der Waals surface area contributed by atoms with Crippen LogP contribution >= 0.6 is 11.3 Å². The number of thiophene rings is 1. The largest absolute Gasteiger partial charge is 0.504 e. The molecule has 0 bridgehead atoms. The van der Waals surface area contributed by atoms with Crippen molar-refractivity contribution in [2.75, 3.05) is 7.11 Å². The molecular weight excluding hydrogens is 272 g/mol. The minimum atomic E-state index is -0.0231. The van der Waals surface area contributed by atoms with Gasteiger partial charge >= 0.3 is 0 Å². The molecule has 2 aromatic rings. The van der Waals surface area contributed by atoms with Crippen LogP contribution in [-0.2, 0) is 6.42 Å². The van der Waals surface area contributed by atoms with Crippen molar-refractivity contribution in [3.8, 4) is 11.5 Å². The van der Waals surface area contributed by atoms with Gasteiger partial charge in [0.2, 0.25) is 0 Å². The van der Waals surface area contributed by atoms with Crippen LogP contribution in [-0.4, -0.2) is 18.0 Å². The lowest BCUT2D eigenvalue weighted by atomic mass is 10.1. The number of rotatable bonds is 5. The molecule has 20 heavy (non-hydrogen) atoms. The number of allylic oxidation sites excluding steroid dienone is 1. The molecule has 0 aliphatic carbocycles. The molecule has 0 saturated heterocycles. The first-order chi connectivity index (χ1) is 9.63. The quantitative estimate of drug-likeness (QED) is 0.670. The molecule has 0 amide bonds. The normalized spacial score (nSPS) is 10.9. The van der Waals surface area contributed by atoms with Crippen LogP contribution in [0.2, 0.25) is 0 Å². The van der Waals surface area contributed by atoms with E-state index in [2.05, 4.69) is 6.92 Å².